The van der Waals surface area contributed by atoms with Crippen LogP contribution in [-0.4, -0.2) is 14.8 Å². The highest BCUT2D eigenvalue weighted by Crippen LogP contribution is 2.31. The zero-order valence-electron chi connectivity index (χ0n) is 8.38. The predicted molar refractivity (Wildman–Crippen MR) is 61.3 cm³/mol. The summed E-state index contributed by atoms with van der Waals surface area (Å²) >= 11 is 7.30. The molecule has 0 N–H and O–H groups in total. The minimum Gasteiger partial charge on any atom is -0.244 e. The van der Waals surface area contributed by atoms with Crippen molar-refractivity contribution >= 4 is 23.4 Å². The van der Waals surface area contributed by atoms with Gasteiger partial charge in [-0.1, -0.05) is 17.7 Å². The fourth-order valence-corrected chi connectivity index (χ4v) is 2.33. The van der Waals surface area contributed by atoms with Gasteiger partial charge >= 0.3 is 0 Å². The molecule has 0 aliphatic carbocycles. The highest BCUT2D eigenvalue weighted by molar-refractivity contribution is 7.99. The minimum atomic E-state index is 0.453. The molecule has 80 valence electrons. The quantitative estimate of drug-likeness (QED) is 0.822. The Morgan fingerprint density at radius 3 is 2.94 bits per heavy atom. The fourth-order valence-electron chi connectivity index (χ4n) is 1.17. The van der Waals surface area contributed by atoms with Crippen LogP contribution < -0.4 is 0 Å². The summed E-state index contributed by atoms with van der Waals surface area (Å²) < 4.78 is 1.65. The topological polar surface area (TPSA) is 54.5 Å². The molecule has 0 radical (unpaired) electrons. The third kappa shape index (κ3) is 2.03. The predicted octanol–water partition coefficient (Wildman–Crippen LogP) is 2.49. The van der Waals surface area contributed by atoms with Crippen LogP contribution in [0.4, 0.5) is 0 Å². The third-order valence-electron chi connectivity index (χ3n) is 1.96. The van der Waals surface area contributed by atoms with Crippen molar-refractivity contribution in [1.29, 1.82) is 5.26 Å². The van der Waals surface area contributed by atoms with E-state index in [4.69, 9.17) is 16.9 Å². The molecule has 2 rings (SSSR count). The molecule has 4 nitrogen and oxygen atoms in total. The number of aromatic nitrogens is 3. The molecule has 0 spiro atoms. The summed E-state index contributed by atoms with van der Waals surface area (Å²) in [5, 5.41) is 14.1. The summed E-state index contributed by atoms with van der Waals surface area (Å²) in [5.74, 6) is 0. The first-order valence-corrected chi connectivity index (χ1v) is 5.62. The van der Waals surface area contributed by atoms with E-state index in [9.17, 15) is 0 Å². The highest BCUT2D eigenvalue weighted by atomic mass is 35.5. The van der Waals surface area contributed by atoms with Gasteiger partial charge in [-0.15, -0.1) is 0 Å². The van der Waals surface area contributed by atoms with Crippen molar-refractivity contribution in [3.05, 3.63) is 35.1 Å². The molecule has 1 heterocycles. The normalized spacial score (nSPS) is 10.1. The summed E-state index contributed by atoms with van der Waals surface area (Å²) in [5.41, 5.74) is 0.470. The number of nitriles is 1. The van der Waals surface area contributed by atoms with Crippen LogP contribution in [0.15, 0.2) is 34.6 Å². The van der Waals surface area contributed by atoms with Gasteiger partial charge in [0, 0.05) is 11.9 Å². The molecule has 0 aliphatic heterocycles. The SMILES string of the molecule is Cn1ncnc1Sc1cccc(Cl)c1C#N. The molecule has 6 heteroatoms. The average molecular weight is 251 g/mol. The van der Waals surface area contributed by atoms with Crippen molar-refractivity contribution in [3.63, 3.8) is 0 Å². The van der Waals surface area contributed by atoms with Crippen LogP contribution in [0.5, 0.6) is 0 Å². The molecular formula is C10H7ClN4S. The van der Waals surface area contributed by atoms with Crippen LogP contribution in [0.1, 0.15) is 5.56 Å². The van der Waals surface area contributed by atoms with Gasteiger partial charge in [0.2, 0.25) is 0 Å². The lowest BCUT2D eigenvalue weighted by Gasteiger charge is -2.03. The Morgan fingerprint density at radius 1 is 1.50 bits per heavy atom. The van der Waals surface area contributed by atoms with Crippen LogP contribution in [0.25, 0.3) is 0 Å². The van der Waals surface area contributed by atoms with E-state index in [1.165, 1.54) is 18.1 Å². The number of rotatable bonds is 2. The number of halogens is 1. The van der Waals surface area contributed by atoms with E-state index >= 15 is 0 Å². The first kappa shape index (κ1) is 11.0. The first-order valence-electron chi connectivity index (χ1n) is 4.43. The van der Waals surface area contributed by atoms with Crippen molar-refractivity contribution in [2.45, 2.75) is 10.1 Å². The lowest BCUT2D eigenvalue weighted by atomic mass is 10.2. The van der Waals surface area contributed by atoms with Crippen LogP contribution in [0, 0.1) is 11.3 Å². The average Bonchev–Trinajstić information content (AvgIpc) is 2.65. The van der Waals surface area contributed by atoms with E-state index in [2.05, 4.69) is 16.2 Å². The molecule has 0 amide bonds. The second-order valence-corrected chi connectivity index (χ2v) is 4.41. The van der Waals surface area contributed by atoms with Crippen molar-refractivity contribution in [3.8, 4) is 6.07 Å². The Morgan fingerprint density at radius 2 is 2.31 bits per heavy atom. The third-order valence-corrected chi connectivity index (χ3v) is 3.39. The van der Waals surface area contributed by atoms with E-state index in [0.717, 1.165) is 10.1 Å². The van der Waals surface area contributed by atoms with Gasteiger partial charge in [-0.25, -0.2) is 9.67 Å². The molecule has 0 atom stereocenters. The van der Waals surface area contributed by atoms with E-state index in [-0.39, 0.29) is 0 Å². The lowest BCUT2D eigenvalue weighted by molar-refractivity contribution is 0.685. The molecule has 0 fully saturated rings. The number of nitrogens with zero attached hydrogens (tertiary/aromatic N) is 4. The van der Waals surface area contributed by atoms with E-state index in [0.29, 0.717) is 10.6 Å². The van der Waals surface area contributed by atoms with Gasteiger partial charge in [0.1, 0.15) is 12.4 Å². The van der Waals surface area contributed by atoms with E-state index in [1.807, 2.05) is 12.1 Å². The zero-order valence-corrected chi connectivity index (χ0v) is 9.96. The summed E-state index contributed by atoms with van der Waals surface area (Å²) in [7, 11) is 1.80. The van der Waals surface area contributed by atoms with Crippen molar-refractivity contribution < 1.29 is 0 Å². The fraction of sp³-hybridized carbons (Fsp3) is 0.100. The molecule has 16 heavy (non-hydrogen) atoms. The maximum Gasteiger partial charge on any atom is 0.190 e. The Balaban J connectivity index is 2.40. The van der Waals surface area contributed by atoms with Crippen molar-refractivity contribution in [1.82, 2.24) is 14.8 Å². The number of aryl methyl sites for hydroxylation is 1. The molecule has 2 aromatic rings. The Labute approximate surface area is 102 Å². The standard InChI is InChI=1S/C10H7ClN4S/c1-15-10(13-6-14-15)16-9-4-2-3-8(11)7(9)5-12/h2-4,6H,1H3. The van der Waals surface area contributed by atoms with Crippen LogP contribution in [0.2, 0.25) is 5.02 Å². The smallest absolute Gasteiger partial charge is 0.190 e. The molecule has 0 saturated carbocycles. The van der Waals surface area contributed by atoms with Gasteiger partial charge in [0.25, 0.3) is 0 Å². The summed E-state index contributed by atoms with van der Waals surface area (Å²) in [4.78, 5) is 4.86. The minimum absolute atomic E-state index is 0.453. The molecule has 1 aromatic heterocycles. The maximum atomic E-state index is 9.01. The van der Waals surface area contributed by atoms with Gasteiger partial charge in [-0.2, -0.15) is 10.4 Å². The molecule has 0 bridgehead atoms. The Kier molecular flexibility index (Phi) is 3.13. The summed E-state index contributed by atoms with van der Waals surface area (Å²) in [6.07, 6.45) is 1.47. The molecule has 0 saturated heterocycles. The summed E-state index contributed by atoms with van der Waals surface area (Å²) in [6, 6.07) is 7.43. The van der Waals surface area contributed by atoms with E-state index < -0.39 is 0 Å². The Bertz CT molecular complexity index is 558. The Hall–Kier alpha value is -1.51. The van der Waals surface area contributed by atoms with Crippen molar-refractivity contribution in [2.75, 3.05) is 0 Å². The van der Waals surface area contributed by atoms with Gasteiger partial charge in [-0.3, -0.25) is 0 Å². The molecule has 1 aromatic carbocycles. The van der Waals surface area contributed by atoms with E-state index in [1.54, 1.807) is 17.8 Å². The highest BCUT2D eigenvalue weighted by Gasteiger charge is 2.10. The zero-order chi connectivity index (χ0) is 11.5. The maximum absolute atomic E-state index is 9.01. The van der Waals surface area contributed by atoms with Crippen LogP contribution in [0.3, 0.4) is 0 Å². The number of hydrogen-bond donors (Lipinski definition) is 0. The molecule has 0 unspecified atom stereocenters. The lowest BCUT2D eigenvalue weighted by Crippen LogP contribution is -1.93. The molecular weight excluding hydrogens is 244 g/mol. The second-order valence-electron chi connectivity index (χ2n) is 2.99. The second kappa shape index (κ2) is 4.56. The van der Waals surface area contributed by atoms with Crippen LogP contribution in [-0.2, 0) is 7.05 Å². The largest absolute Gasteiger partial charge is 0.244 e. The van der Waals surface area contributed by atoms with Crippen LogP contribution >= 0.6 is 23.4 Å². The number of benzene rings is 1. The van der Waals surface area contributed by atoms with Crippen molar-refractivity contribution in [2.24, 2.45) is 7.05 Å². The first-order chi connectivity index (χ1) is 7.72. The van der Waals surface area contributed by atoms with Gasteiger partial charge in [-0.05, 0) is 23.9 Å². The monoisotopic (exact) mass is 250 g/mol. The van der Waals surface area contributed by atoms with Gasteiger partial charge in [0.15, 0.2) is 5.16 Å². The molecule has 0 aliphatic rings. The van der Waals surface area contributed by atoms with Gasteiger partial charge < -0.3 is 0 Å². The summed E-state index contributed by atoms with van der Waals surface area (Å²) in [6.45, 7) is 0. The number of hydrogen-bond acceptors (Lipinski definition) is 4. The van der Waals surface area contributed by atoms with Gasteiger partial charge in [0.05, 0.1) is 10.6 Å².